The molecule has 19 heavy (non-hydrogen) atoms. The molecule has 3 heteroatoms. The van der Waals surface area contributed by atoms with Crippen LogP contribution >= 0.6 is 0 Å². The number of carbonyl (C=O) groups is 1. The summed E-state index contributed by atoms with van der Waals surface area (Å²) in [5, 5.41) is 9.17. The van der Waals surface area contributed by atoms with Crippen LogP contribution in [0.5, 0.6) is 0 Å². The van der Waals surface area contributed by atoms with E-state index in [1.54, 1.807) is 0 Å². The molecule has 0 aliphatic carbocycles. The zero-order valence-corrected chi connectivity index (χ0v) is 12.4. The van der Waals surface area contributed by atoms with Crippen molar-refractivity contribution in [1.82, 2.24) is 0 Å². The summed E-state index contributed by atoms with van der Waals surface area (Å²) in [4.78, 5) is 13.2. The van der Waals surface area contributed by atoms with Gasteiger partial charge in [0.15, 0.2) is 0 Å². The molecule has 0 radical (unpaired) electrons. The Bertz CT molecular complexity index is 520. The summed E-state index contributed by atoms with van der Waals surface area (Å²) in [6, 6.07) is 4.37. The molecule has 0 aromatic heterocycles. The lowest BCUT2D eigenvalue weighted by Crippen LogP contribution is -2.50. The first-order chi connectivity index (χ1) is 8.72. The first-order valence-electron chi connectivity index (χ1n) is 6.83. The average molecular weight is 261 g/mol. The highest BCUT2D eigenvalue weighted by molar-refractivity contribution is 5.76. The summed E-state index contributed by atoms with van der Waals surface area (Å²) in [6.45, 7) is 10.8. The highest BCUT2D eigenvalue weighted by atomic mass is 16.4. The lowest BCUT2D eigenvalue weighted by molar-refractivity contribution is -0.135. The molecule has 1 atom stereocenters. The summed E-state index contributed by atoms with van der Waals surface area (Å²) < 4.78 is 0. The number of aliphatic carboxylic acids is 1. The molecule has 0 fully saturated rings. The topological polar surface area (TPSA) is 40.5 Å². The Morgan fingerprint density at radius 1 is 1.37 bits per heavy atom. The van der Waals surface area contributed by atoms with Gasteiger partial charge in [-0.1, -0.05) is 13.0 Å². The quantitative estimate of drug-likeness (QED) is 0.886. The maximum absolute atomic E-state index is 11.2. The number of carboxylic acid groups (broad SMARTS) is 1. The van der Waals surface area contributed by atoms with Crippen molar-refractivity contribution in [2.24, 2.45) is 0 Å². The normalized spacial score (nSPS) is 21.1. The second-order valence-electron chi connectivity index (χ2n) is 6.39. The van der Waals surface area contributed by atoms with Gasteiger partial charge in [0.25, 0.3) is 0 Å². The second-order valence-corrected chi connectivity index (χ2v) is 6.39. The molecule has 1 unspecified atom stereocenters. The third kappa shape index (κ3) is 2.46. The number of benzene rings is 1. The fourth-order valence-corrected chi connectivity index (χ4v) is 3.18. The van der Waals surface area contributed by atoms with Gasteiger partial charge in [-0.2, -0.15) is 0 Å². The standard InChI is InChI=1S/C16H23NO2/c1-10-6-13-12(3)8-16(4,5)17(9-15(18)19)14(13)7-11(10)2/h6-7,12H,8-9H2,1-5H3,(H,18,19). The van der Waals surface area contributed by atoms with Crippen LogP contribution in [0.4, 0.5) is 5.69 Å². The molecule has 2 rings (SSSR count). The maximum atomic E-state index is 11.2. The molecule has 1 aromatic rings. The van der Waals surface area contributed by atoms with E-state index in [4.69, 9.17) is 0 Å². The van der Waals surface area contributed by atoms with E-state index in [1.807, 2.05) is 4.90 Å². The fourth-order valence-electron chi connectivity index (χ4n) is 3.18. The van der Waals surface area contributed by atoms with E-state index in [2.05, 4.69) is 46.8 Å². The Hall–Kier alpha value is -1.51. The second kappa shape index (κ2) is 4.55. The first kappa shape index (κ1) is 13.9. The number of fused-ring (bicyclic) bond motifs is 1. The number of rotatable bonds is 2. The number of aryl methyl sites for hydroxylation is 2. The SMILES string of the molecule is Cc1cc2c(cc1C)N(CC(=O)O)C(C)(C)CC2C. The monoisotopic (exact) mass is 261 g/mol. The van der Waals surface area contributed by atoms with Crippen molar-refractivity contribution in [1.29, 1.82) is 0 Å². The van der Waals surface area contributed by atoms with E-state index in [0.717, 1.165) is 12.1 Å². The predicted octanol–water partition coefficient (Wildman–Crippen LogP) is 3.48. The molecule has 104 valence electrons. The van der Waals surface area contributed by atoms with Crippen LogP contribution in [-0.2, 0) is 4.79 Å². The lowest BCUT2D eigenvalue weighted by Gasteiger charge is -2.47. The minimum absolute atomic E-state index is 0.0647. The van der Waals surface area contributed by atoms with Gasteiger partial charge in [-0.25, -0.2) is 0 Å². The molecular formula is C16H23NO2. The van der Waals surface area contributed by atoms with Crippen molar-refractivity contribution in [2.45, 2.75) is 52.5 Å². The molecule has 1 aromatic carbocycles. The van der Waals surface area contributed by atoms with E-state index in [0.29, 0.717) is 5.92 Å². The van der Waals surface area contributed by atoms with Crippen molar-refractivity contribution in [3.8, 4) is 0 Å². The predicted molar refractivity (Wildman–Crippen MR) is 78.0 cm³/mol. The summed E-state index contributed by atoms with van der Waals surface area (Å²) in [6.07, 6.45) is 0.982. The molecule has 0 bridgehead atoms. The van der Waals surface area contributed by atoms with E-state index in [9.17, 15) is 9.90 Å². The number of anilines is 1. The molecule has 1 aliphatic rings. The molecule has 3 nitrogen and oxygen atoms in total. The van der Waals surface area contributed by atoms with E-state index < -0.39 is 5.97 Å². The minimum Gasteiger partial charge on any atom is -0.480 e. The third-order valence-electron chi connectivity index (χ3n) is 4.29. The highest BCUT2D eigenvalue weighted by Gasteiger charge is 2.37. The summed E-state index contributed by atoms with van der Waals surface area (Å²) in [5.41, 5.74) is 4.75. The van der Waals surface area contributed by atoms with Gasteiger partial charge in [0.05, 0.1) is 0 Å². The number of carboxylic acids is 1. The molecule has 0 spiro atoms. The van der Waals surface area contributed by atoms with Crippen LogP contribution < -0.4 is 4.90 Å². The largest absolute Gasteiger partial charge is 0.480 e. The van der Waals surface area contributed by atoms with Crippen LogP contribution in [0.25, 0.3) is 0 Å². The van der Waals surface area contributed by atoms with Crippen molar-refractivity contribution in [3.05, 3.63) is 28.8 Å². The zero-order chi connectivity index (χ0) is 14.4. The van der Waals surface area contributed by atoms with Gasteiger partial charge in [-0.15, -0.1) is 0 Å². The zero-order valence-electron chi connectivity index (χ0n) is 12.4. The summed E-state index contributed by atoms with van der Waals surface area (Å²) in [7, 11) is 0. The molecule has 1 aliphatic heterocycles. The van der Waals surface area contributed by atoms with Gasteiger partial charge >= 0.3 is 5.97 Å². The van der Waals surface area contributed by atoms with Crippen LogP contribution in [0, 0.1) is 13.8 Å². The molecule has 1 heterocycles. The molecule has 0 saturated heterocycles. The minimum atomic E-state index is -0.771. The van der Waals surface area contributed by atoms with E-state index in [-0.39, 0.29) is 12.1 Å². The van der Waals surface area contributed by atoms with Gasteiger partial charge in [-0.05, 0) is 62.8 Å². The van der Waals surface area contributed by atoms with E-state index >= 15 is 0 Å². The van der Waals surface area contributed by atoms with Crippen molar-refractivity contribution in [2.75, 3.05) is 11.4 Å². The molecular weight excluding hydrogens is 238 g/mol. The van der Waals surface area contributed by atoms with Crippen LogP contribution in [0.1, 0.15) is 49.8 Å². The van der Waals surface area contributed by atoms with Crippen molar-refractivity contribution < 1.29 is 9.90 Å². The van der Waals surface area contributed by atoms with Gasteiger partial charge in [0, 0.05) is 11.2 Å². The van der Waals surface area contributed by atoms with E-state index in [1.165, 1.54) is 16.7 Å². The van der Waals surface area contributed by atoms with Gasteiger partial charge in [0.2, 0.25) is 0 Å². The van der Waals surface area contributed by atoms with Gasteiger partial charge in [0.1, 0.15) is 6.54 Å². The summed E-state index contributed by atoms with van der Waals surface area (Å²) in [5.74, 6) is -0.304. The first-order valence-corrected chi connectivity index (χ1v) is 6.83. The molecule has 0 saturated carbocycles. The smallest absolute Gasteiger partial charge is 0.323 e. The van der Waals surface area contributed by atoms with Crippen molar-refractivity contribution in [3.63, 3.8) is 0 Å². The summed E-state index contributed by atoms with van der Waals surface area (Å²) >= 11 is 0. The average Bonchev–Trinajstić information content (AvgIpc) is 2.26. The van der Waals surface area contributed by atoms with Gasteiger partial charge < -0.3 is 10.0 Å². The van der Waals surface area contributed by atoms with Crippen molar-refractivity contribution >= 4 is 11.7 Å². The third-order valence-corrected chi connectivity index (χ3v) is 4.29. The number of hydrogen-bond acceptors (Lipinski definition) is 2. The highest BCUT2D eigenvalue weighted by Crippen LogP contribution is 2.44. The van der Waals surface area contributed by atoms with Crippen LogP contribution in [0.2, 0.25) is 0 Å². The Labute approximate surface area is 115 Å². The van der Waals surface area contributed by atoms with Crippen LogP contribution in [-0.4, -0.2) is 23.2 Å². The Kier molecular flexibility index (Phi) is 3.33. The van der Waals surface area contributed by atoms with Crippen LogP contribution in [0.3, 0.4) is 0 Å². The Morgan fingerprint density at radius 2 is 1.95 bits per heavy atom. The Balaban J connectivity index is 2.57. The molecule has 0 amide bonds. The Morgan fingerprint density at radius 3 is 2.53 bits per heavy atom. The molecule has 1 N–H and O–H groups in total. The van der Waals surface area contributed by atoms with Crippen LogP contribution in [0.15, 0.2) is 12.1 Å². The number of hydrogen-bond donors (Lipinski definition) is 1. The fraction of sp³-hybridized carbons (Fsp3) is 0.562. The maximum Gasteiger partial charge on any atom is 0.323 e. The number of nitrogens with zero attached hydrogens (tertiary/aromatic N) is 1. The van der Waals surface area contributed by atoms with Gasteiger partial charge in [-0.3, -0.25) is 4.79 Å². The lowest BCUT2D eigenvalue weighted by atomic mass is 9.79.